The van der Waals surface area contributed by atoms with Gasteiger partial charge in [0.1, 0.15) is 7.85 Å². The molecule has 0 radical (unpaired) electrons. The number of carbonyl (C=O) groups excluding carboxylic acids is 1. The van der Waals surface area contributed by atoms with Crippen molar-refractivity contribution in [1.82, 2.24) is 0 Å². The first-order chi connectivity index (χ1) is 11.9. The van der Waals surface area contributed by atoms with Crippen molar-refractivity contribution in [2.24, 2.45) is 10.7 Å². The van der Waals surface area contributed by atoms with Crippen molar-refractivity contribution in [3.05, 3.63) is 59.2 Å². The van der Waals surface area contributed by atoms with Gasteiger partial charge in [-0.1, -0.05) is 41.0 Å². The standard InChI is InChI=1S/C19H22BN3OS/c1-12-3-5-13(6-4-12)17(24)22-16-10-14(9-15(20)11-16)19(2)7-8-25-18(21)23-19/h3-6,9-11H,7-8,20H2,1-2H3,(H2,21,23)(H,22,24). The summed E-state index contributed by atoms with van der Waals surface area (Å²) in [7, 11) is 2.03. The molecule has 0 fully saturated rings. The van der Waals surface area contributed by atoms with E-state index in [2.05, 4.69) is 23.3 Å². The Bertz CT molecular complexity index is 835. The first kappa shape index (κ1) is 17.6. The van der Waals surface area contributed by atoms with Gasteiger partial charge in [0.15, 0.2) is 5.17 Å². The van der Waals surface area contributed by atoms with Crippen LogP contribution in [0.4, 0.5) is 5.69 Å². The largest absolute Gasteiger partial charge is 0.379 e. The molecular weight excluding hydrogens is 329 g/mol. The number of carbonyl (C=O) groups is 1. The van der Waals surface area contributed by atoms with Crippen LogP contribution in [0.1, 0.15) is 34.8 Å². The molecule has 1 amide bonds. The Balaban J connectivity index is 1.88. The minimum absolute atomic E-state index is 0.107. The highest BCUT2D eigenvalue weighted by Gasteiger charge is 2.29. The summed E-state index contributed by atoms with van der Waals surface area (Å²) >= 11 is 1.59. The van der Waals surface area contributed by atoms with Gasteiger partial charge in [-0.05, 0) is 50.1 Å². The van der Waals surface area contributed by atoms with Crippen LogP contribution in [0.2, 0.25) is 0 Å². The molecule has 4 nitrogen and oxygen atoms in total. The van der Waals surface area contributed by atoms with Gasteiger partial charge in [0.2, 0.25) is 0 Å². The Hall–Kier alpha value is -2.21. The molecule has 6 heteroatoms. The molecule has 3 N–H and O–H groups in total. The van der Waals surface area contributed by atoms with E-state index in [-0.39, 0.29) is 11.4 Å². The number of amidine groups is 1. The van der Waals surface area contributed by atoms with E-state index >= 15 is 0 Å². The third kappa shape index (κ3) is 4.07. The molecule has 2 aromatic rings. The number of aliphatic imine (C=N–C) groups is 1. The molecule has 1 heterocycles. The molecule has 25 heavy (non-hydrogen) atoms. The number of rotatable bonds is 3. The summed E-state index contributed by atoms with van der Waals surface area (Å²) in [4.78, 5) is 17.2. The van der Waals surface area contributed by atoms with E-state index in [1.807, 2.05) is 51.2 Å². The second-order valence-corrected chi connectivity index (χ2v) is 7.85. The van der Waals surface area contributed by atoms with Crippen LogP contribution in [0.3, 0.4) is 0 Å². The summed E-state index contributed by atoms with van der Waals surface area (Å²) in [6, 6.07) is 13.7. The zero-order chi connectivity index (χ0) is 18.0. The van der Waals surface area contributed by atoms with Crippen molar-refractivity contribution in [3.63, 3.8) is 0 Å². The SMILES string of the molecule is Bc1cc(NC(=O)c2ccc(C)cc2)cc(C2(C)CCSC(N)=N2)c1. The quantitative estimate of drug-likeness (QED) is 0.833. The number of thioether (sulfide) groups is 1. The van der Waals surface area contributed by atoms with Gasteiger partial charge < -0.3 is 11.1 Å². The molecule has 0 bridgehead atoms. The molecule has 1 aliphatic rings. The molecule has 1 aliphatic heterocycles. The van der Waals surface area contributed by atoms with Crippen molar-refractivity contribution in [2.45, 2.75) is 25.8 Å². The Kier molecular flexibility index (Phi) is 4.90. The van der Waals surface area contributed by atoms with Crippen molar-refractivity contribution in [1.29, 1.82) is 0 Å². The molecule has 0 saturated carbocycles. The van der Waals surface area contributed by atoms with Crippen molar-refractivity contribution in [3.8, 4) is 0 Å². The topological polar surface area (TPSA) is 67.5 Å². The Labute approximate surface area is 153 Å². The summed E-state index contributed by atoms with van der Waals surface area (Å²) in [5.41, 5.74) is 10.3. The van der Waals surface area contributed by atoms with Gasteiger partial charge in [0.25, 0.3) is 5.91 Å². The highest BCUT2D eigenvalue weighted by molar-refractivity contribution is 8.13. The Morgan fingerprint density at radius 1 is 1.28 bits per heavy atom. The van der Waals surface area contributed by atoms with Crippen LogP contribution in [0, 0.1) is 6.92 Å². The molecule has 0 aliphatic carbocycles. The molecule has 0 spiro atoms. The number of hydrogen-bond donors (Lipinski definition) is 2. The highest BCUT2D eigenvalue weighted by atomic mass is 32.2. The maximum Gasteiger partial charge on any atom is 0.255 e. The number of benzene rings is 2. The summed E-state index contributed by atoms with van der Waals surface area (Å²) < 4.78 is 0. The van der Waals surface area contributed by atoms with Gasteiger partial charge in [-0.15, -0.1) is 0 Å². The van der Waals surface area contributed by atoms with E-state index in [0.717, 1.165) is 34.5 Å². The molecule has 0 aromatic heterocycles. The number of nitrogens with two attached hydrogens (primary N) is 1. The van der Waals surface area contributed by atoms with Crippen molar-refractivity contribution < 1.29 is 4.79 Å². The lowest BCUT2D eigenvalue weighted by molar-refractivity contribution is 0.102. The Morgan fingerprint density at radius 3 is 2.68 bits per heavy atom. The molecule has 128 valence electrons. The third-order valence-corrected chi connectivity index (χ3v) is 5.26. The highest BCUT2D eigenvalue weighted by Crippen LogP contribution is 2.35. The van der Waals surface area contributed by atoms with E-state index in [1.54, 1.807) is 11.8 Å². The molecule has 3 rings (SSSR count). The van der Waals surface area contributed by atoms with E-state index < -0.39 is 0 Å². The minimum Gasteiger partial charge on any atom is -0.379 e. The van der Waals surface area contributed by atoms with Gasteiger partial charge in [-0.2, -0.15) is 0 Å². The summed E-state index contributed by atoms with van der Waals surface area (Å²) in [5, 5.41) is 3.63. The van der Waals surface area contributed by atoms with E-state index in [9.17, 15) is 4.79 Å². The number of aryl methyl sites for hydroxylation is 1. The summed E-state index contributed by atoms with van der Waals surface area (Å²) in [6.07, 6.45) is 0.924. The number of hydrogen-bond acceptors (Lipinski definition) is 4. The van der Waals surface area contributed by atoms with Gasteiger partial charge in [0.05, 0.1) is 5.54 Å². The molecule has 0 saturated heterocycles. The van der Waals surface area contributed by atoms with E-state index in [0.29, 0.717) is 10.7 Å². The maximum atomic E-state index is 12.5. The summed E-state index contributed by atoms with van der Waals surface area (Å²) in [5.74, 6) is 0.842. The zero-order valence-electron chi connectivity index (χ0n) is 14.8. The minimum atomic E-state index is -0.343. The number of amides is 1. The first-order valence-electron chi connectivity index (χ1n) is 8.34. The predicted octanol–water partition coefficient (Wildman–Crippen LogP) is 2.17. The fourth-order valence-corrected chi connectivity index (χ4v) is 3.94. The van der Waals surface area contributed by atoms with Gasteiger partial charge >= 0.3 is 0 Å². The number of nitrogens with one attached hydrogen (secondary N) is 1. The fraction of sp³-hybridized carbons (Fsp3) is 0.263. The van der Waals surface area contributed by atoms with Gasteiger partial charge in [-0.25, -0.2) is 0 Å². The number of nitrogens with zero attached hydrogens (tertiary/aromatic N) is 1. The monoisotopic (exact) mass is 351 g/mol. The van der Waals surface area contributed by atoms with Gasteiger partial charge in [-0.3, -0.25) is 9.79 Å². The average Bonchev–Trinajstić information content (AvgIpc) is 2.54. The Morgan fingerprint density at radius 2 is 2.00 bits per heavy atom. The molecular formula is C19H22BN3OS. The van der Waals surface area contributed by atoms with E-state index in [1.165, 1.54) is 0 Å². The molecule has 1 atom stereocenters. The van der Waals surface area contributed by atoms with Crippen LogP contribution < -0.4 is 16.5 Å². The number of anilines is 1. The maximum absolute atomic E-state index is 12.5. The second kappa shape index (κ2) is 6.96. The zero-order valence-corrected chi connectivity index (χ0v) is 15.6. The lowest BCUT2D eigenvalue weighted by Crippen LogP contribution is -2.30. The second-order valence-electron chi connectivity index (χ2n) is 6.73. The van der Waals surface area contributed by atoms with E-state index in [4.69, 9.17) is 5.73 Å². The van der Waals surface area contributed by atoms with Crippen molar-refractivity contribution >= 4 is 41.8 Å². The smallest absolute Gasteiger partial charge is 0.255 e. The molecule has 2 aromatic carbocycles. The van der Waals surface area contributed by atoms with Gasteiger partial charge in [0, 0.05) is 17.0 Å². The lowest BCUT2D eigenvalue weighted by atomic mass is 9.84. The van der Waals surface area contributed by atoms with Crippen LogP contribution in [-0.4, -0.2) is 24.7 Å². The van der Waals surface area contributed by atoms with Crippen LogP contribution in [-0.2, 0) is 5.54 Å². The average molecular weight is 351 g/mol. The predicted molar refractivity (Wildman–Crippen MR) is 110 cm³/mol. The van der Waals surface area contributed by atoms with Crippen LogP contribution in [0.25, 0.3) is 0 Å². The third-order valence-electron chi connectivity index (χ3n) is 4.47. The molecule has 1 unspecified atom stereocenters. The fourth-order valence-electron chi connectivity index (χ4n) is 2.97. The normalized spacial score (nSPS) is 20.0. The lowest BCUT2D eigenvalue weighted by Gasteiger charge is -2.30. The first-order valence-corrected chi connectivity index (χ1v) is 9.33. The van der Waals surface area contributed by atoms with Crippen molar-refractivity contribution in [2.75, 3.05) is 11.1 Å². The summed E-state index contributed by atoms with van der Waals surface area (Å²) in [6.45, 7) is 4.10. The van der Waals surface area contributed by atoms with Crippen LogP contribution in [0.5, 0.6) is 0 Å². The van der Waals surface area contributed by atoms with Crippen LogP contribution >= 0.6 is 11.8 Å². The van der Waals surface area contributed by atoms with Crippen LogP contribution in [0.15, 0.2) is 47.5 Å².